The first-order valence-corrected chi connectivity index (χ1v) is 8.23. The van der Waals surface area contributed by atoms with Gasteiger partial charge in [-0.15, -0.1) is 0 Å². The van der Waals surface area contributed by atoms with E-state index in [1.807, 2.05) is 30.3 Å². The van der Waals surface area contributed by atoms with Crippen LogP contribution in [0.5, 0.6) is 0 Å². The molecule has 1 saturated heterocycles. The van der Waals surface area contributed by atoms with E-state index in [1.54, 1.807) is 4.90 Å². The molecule has 0 aromatic heterocycles. The Kier molecular flexibility index (Phi) is 5.40. The summed E-state index contributed by atoms with van der Waals surface area (Å²) in [5.41, 5.74) is 0.881. The van der Waals surface area contributed by atoms with Crippen molar-refractivity contribution in [1.29, 1.82) is 0 Å². The number of amides is 1. The third-order valence-electron chi connectivity index (χ3n) is 4.38. The molecule has 1 aliphatic heterocycles. The van der Waals surface area contributed by atoms with Gasteiger partial charge in [0.1, 0.15) is 11.6 Å². The lowest BCUT2D eigenvalue weighted by molar-refractivity contribution is 0.0527. The first-order chi connectivity index (χ1) is 12.0. The molecule has 2 aromatic rings. The van der Waals surface area contributed by atoms with Crippen molar-refractivity contribution in [3.05, 3.63) is 71.3 Å². The van der Waals surface area contributed by atoms with Gasteiger partial charge in [-0.2, -0.15) is 0 Å². The van der Waals surface area contributed by atoms with Crippen LogP contribution in [0.2, 0.25) is 0 Å². The van der Waals surface area contributed by atoms with Crippen molar-refractivity contribution in [1.82, 2.24) is 9.80 Å². The standard InChI is InChI=1S/C19H20F2N2O2/c20-16-10-15(11-17(21)12-16)19(25)23-8-6-22(7-9-23)13-18(24)14-4-2-1-3-5-14/h1-5,10-12,18,24H,6-9,13H2. The van der Waals surface area contributed by atoms with Gasteiger partial charge in [-0.1, -0.05) is 30.3 Å². The summed E-state index contributed by atoms with van der Waals surface area (Å²) in [6, 6.07) is 12.3. The molecular weight excluding hydrogens is 326 g/mol. The monoisotopic (exact) mass is 346 g/mol. The second-order valence-electron chi connectivity index (χ2n) is 6.18. The molecule has 2 aromatic carbocycles. The number of hydrogen-bond acceptors (Lipinski definition) is 3. The topological polar surface area (TPSA) is 43.8 Å². The highest BCUT2D eigenvalue weighted by Gasteiger charge is 2.24. The highest BCUT2D eigenvalue weighted by Crippen LogP contribution is 2.16. The lowest BCUT2D eigenvalue weighted by Crippen LogP contribution is -2.49. The fourth-order valence-electron chi connectivity index (χ4n) is 3.02. The van der Waals surface area contributed by atoms with E-state index in [0.717, 1.165) is 23.8 Å². The maximum Gasteiger partial charge on any atom is 0.254 e. The summed E-state index contributed by atoms with van der Waals surface area (Å²) in [6.07, 6.45) is -0.583. The van der Waals surface area contributed by atoms with Gasteiger partial charge in [-0.25, -0.2) is 8.78 Å². The molecule has 6 heteroatoms. The smallest absolute Gasteiger partial charge is 0.254 e. The number of carbonyl (C=O) groups is 1. The van der Waals surface area contributed by atoms with Gasteiger partial charge in [-0.05, 0) is 17.7 Å². The minimum absolute atomic E-state index is 0.0234. The number of aliphatic hydroxyl groups is 1. The van der Waals surface area contributed by atoms with E-state index in [-0.39, 0.29) is 11.5 Å². The van der Waals surface area contributed by atoms with Crippen LogP contribution < -0.4 is 0 Å². The molecule has 1 heterocycles. The van der Waals surface area contributed by atoms with Crippen LogP contribution in [0.15, 0.2) is 48.5 Å². The first-order valence-electron chi connectivity index (χ1n) is 8.23. The summed E-state index contributed by atoms with van der Waals surface area (Å²) in [5.74, 6) is -1.89. The quantitative estimate of drug-likeness (QED) is 0.925. The molecule has 0 bridgehead atoms. The van der Waals surface area contributed by atoms with Crippen LogP contribution in [-0.4, -0.2) is 53.5 Å². The lowest BCUT2D eigenvalue weighted by Gasteiger charge is -2.35. The number of carbonyl (C=O) groups excluding carboxylic acids is 1. The number of β-amino-alcohol motifs (C(OH)–C–C–N with tert-alkyl or cyclic N) is 1. The molecule has 1 atom stereocenters. The molecular formula is C19H20F2N2O2. The number of aliphatic hydroxyl groups excluding tert-OH is 1. The SMILES string of the molecule is O=C(c1cc(F)cc(F)c1)N1CCN(CC(O)c2ccccc2)CC1. The van der Waals surface area contributed by atoms with Crippen LogP contribution >= 0.6 is 0 Å². The summed E-state index contributed by atoms with van der Waals surface area (Å²) >= 11 is 0. The van der Waals surface area contributed by atoms with Crippen LogP contribution in [0.3, 0.4) is 0 Å². The van der Waals surface area contributed by atoms with Gasteiger partial charge in [0.2, 0.25) is 0 Å². The van der Waals surface area contributed by atoms with E-state index in [9.17, 15) is 18.7 Å². The normalized spacial score (nSPS) is 16.7. The number of piperazine rings is 1. The summed E-state index contributed by atoms with van der Waals surface area (Å²) < 4.78 is 26.6. The highest BCUT2D eigenvalue weighted by molar-refractivity contribution is 5.94. The van der Waals surface area contributed by atoms with E-state index in [4.69, 9.17) is 0 Å². The number of hydrogen-bond donors (Lipinski definition) is 1. The van der Waals surface area contributed by atoms with Gasteiger partial charge in [0, 0.05) is 44.4 Å². The number of rotatable bonds is 4. The molecule has 0 spiro atoms. The maximum absolute atomic E-state index is 13.3. The van der Waals surface area contributed by atoms with Crippen LogP contribution in [0.25, 0.3) is 0 Å². The fourth-order valence-corrected chi connectivity index (χ4v) is 3.02. The molecule has 25 heavy (non-hydrogen) atoms. The summed E-state index contributed by atoms with van der Waals surface area (Å²) in [6.45, 7) is 2.61. The minimum atomic E-state index is -0.757. The van der Waals surface area contributed by atoms with E-state index < -0.39 is 17.7 Å². The molecule has 3 rings (SSSR count). The molecule has 0 radical (unpaired) electrons. The molecule has 0 saturated carbocycles. The van der Waals surface area contributed by atoms with Crippen molar-refractivity contribution in [2.45, 2.75) is 6.10 Å². The Bertz CT molecular complexity index is 711. The predicted molar refractivity (Wildman–Crippen MR) is 90.1 cm³/mol. The Morgan fingerprint density at radius 2 is 1.60 bits per heavy atom. The first kappa shape index (κ1) is 17.5. The second-order valence-corrected chi connectivity index (χ2v) is 6.18. The third kappa shape index (κ3) is 4.41. The summed E-state index contributed by atoms with van der Waals surface area (Å²) in [5, 5.41) is 10.3. The third-order valence-corrected chi connectivity index (χ3v) is 4.38. The maximum atomic E-state index is 13.3. The number of nitrogens with zero attached hydrogens (tertiary/aromatic N) is 2. The van der Waals surface area contributed by atoms with Gasteiger partial charge < -0.3 is 10.0 Å². The van der Waals surface area contributed by atoms with Crippen molar-refractivity contribution >= 4 is 5.91 Å². The molecule has 0 aliphatic carbocycles. The largest absolute Gasteiger partial charge is 0.387 e. The van der Waals surface area contributed by atoms with Crippen molar-refractivity contribution in [3.63, 3.8) is 0 Å². The molecule has 1 aliphatic rings. The van der Waals surface area contributed by atoms with Gasteiger partial charge in [0.05, 0.1) is 6.10 Å². The molecule has 1 amide bonds. The number of benzene rings is 2. The van der Waals surface area contributed by atoms with Gasteiger partial charge in [0.25, 0.3) is 5.91 Å². The Morgan fingerprint density at radius 3 is 2.20 bits per heavy atom. The van der Waals surface area contributed by atoms with E-state index in [2.05, 4.69) is 4.90 Å². The van der Waals surface area contributed by atoms with E-state index in [1.165, 1.54) is 0 Å². The van der Waals surface area contributed by atoms with Crippen molar-refractivity contribution in [2.24, 2.45) is 0 Å². The van der Waals surface area contributed by atoms with Crippen LogP contribution in [0.4, 0.5) is 8.78 Å². The lowest BCUT2D eigenvalue weighted by atomic mass is 10.1. The van der Waals surface area contributed by atoms with Gasteiger partial charge in [0.15, 0.2) is 0 Å². The zero-order valence-electron chi connectivity index (χ0n) is 13.7. The molecule has 4 nitrogen and oxygen atoms in total. The molecule has 1 fully saturated rings. The summed E-state index contributed by atoms with van der Waals surface area (Å²) in [4.78, 5) is 16.0. The average Bonchev–Trinajstić information content (AvgIpc) is 2.61. The van der Waals surface area contributed by atoms with Crippen LogP contribution in [0.1, 0.15) is 22.0 Å². The fraction of sp³-hybridized carbons (Fsp3) is 0.316. The average molecular weight is 346 g/mol. The van der Waals surface area contributed by atoms with E-state index in [0.29, 0.717) is 32.7 Å². The second kappa shape index (κ2) is 7.72. The Balaban J connectivity index is 1.55. The Labute approximate surface area is 145 Å². The van der Waals surface area contributed by atoms with Crippen molar-refractivity contribution < 1.29 is 18.7 Å². The molecule has 132 valence electrons. The molecule has 1 N–H and O–H groups in total. The Hall–Kier alpha value is -2.31. The Morgan fingerprint density at radius 1 is 1.00 bits per heavy atom. The van der Waals surface area contributed by atoms with Crippen molar-refractivity contribution in [2.75, 3.05) is 32.7 Å². The number of halogens is 2. The van der Waals surface area contributed by atoms with Crippen LogP contribution in [0, 0.1) is 11.6 Å². The molecule has 1 unspecified atom stereocenters. The van der Waals surface area contributed by atoms with E-state index >= 15 is 0 Å². The van der Waals surface area contributed by atoms with Crippen LogP contribution in [-0.2, 0) is 0 Å². The zero-order chi connectivity index (χ0) is 17.8. The zero-order valence-corrected chi connectivity index (χ0v) is 13.7. The van der Waals surface area contributed by atoms with Crippen molar-refractivity contribution in [3.8, 4) is 0 Å². The minimum Gasteiger partial charge on any atom is -0.387 e. The predicted octanol–water partition coefficient (Wildman–Crippen LogP) is 2.46. The van der Waals surface area contributed by atoms with Gasteiger partial charge >= 0.3 is 0 Å². The highest BCUT2D eigenvalue weighted by atomic mass is 19.1. The van der Waals surface area contributed by atoms with Gasteiger partial charge in [-0.3, -0.25) is 9.69 Å². The summed E-state index contributed by atoms with van der Waals surface area (Å²) in [7, 11) is 0.